The molecule has 0 fully saturated rings. The zero-order valence-electron chi connectivity index (χ0n) is 12.6. The van der Waals surface area contributed by atoms with Gasteiger partial charge in [-0.05, 0) is 43.1 Å². The van der Waals surface area contributed by atoms with E-state index in [2.05, 4.69) is 27.4 Å². The molecule has 1 N–H and O–H groups in total. The van der Waals surface area contributed by atoms with Crippen molar-refractivity contribution in [2.45, 2.75) is 46.5 Å². The lowest BCUT2D eigenvalue weighted by atomic mass is 9.91. The van der Waals surface area contributed by atoms with E-state index >= 15 is 0 Å². The van der Waals surface area contributed by atoms with Crippen molar-refractivity contribution in [2.75, 3.05) is 0 Å². The van der Waals surface area contributed by atoms with Gasteiger partial charge < -0.3 is 5.41 Å². The van der Waals surface area contributed by atoms with Gasteiger partial charge in [-0.2, -0.15) is 0 Å². The van der Waals surface area contributed by atoms with E-state index in [-0.39, 0.29) is 0 Å². The van der Waals surface area contributed by atoms with E-state index in [9.17, 15) is 0 Å². The zero-order valence-corrected chi connectivity index (χ0v) is 12.6. The van der Waals surface area contributed by atoms with E-state index in [1.54, 1.807) is 0 Å². The van der Waals surface area contributed by atoms with E-state index in [0.717, 1.165) is 36.5 Å². The Morgan fingerprint density at radius 1 is 1.11 bits per heavy atom. The molecule has 1 aromatic rings. The molecule has 1 rings (SSSR count). The first-order valence-corrected chi connectivity index (χ1v) is 7.28. The molecular formula is C18H27N. The van der Waals surface area contributed by atoms with Crippen LogP contribution in [-0.2, 0) is 0 Å². The van der Waals surface area contributed by atoms with Crippen LogP contribution in [0.5, 0.6) is 0 Å². The molecule has 1 nitrogen and oxygen atoms in total. The number of nitrogens with one attached hydrogen (secondary N) is 1. The minimum absolute atomic E-state index is 0.507. The number of benzene rings is 1. The number of allylic oxidation sites excluding steroid dienone is 1. The first-order valence-electron chi connectivity index (χ1n) is 7.28. The van der Waals surface area contributed by atoms with Gasteiger partial charge in [0.05, 0.1) is 0 Å². The Kier molecular flexibility index (Phi) is 6.55. The maximum absolute atomic E-state index is 8.14. The van der Waals surface area contributed by atoms with Crippen LogP contribution in [0, 0.1) is 17.2 Å². The van der Waals surface area contributed by atoms with Crippen molar-refractivity contribution >= 4 is 5.71 Å². The van der Waals surface area contributed by atoms with Crippen LogP contribution in [0.25, 0.3) is 0 Å². The molecule has 0 aromatic heterocycles. The average Bonchev–Trinajstić information content (AvgIpc) is 2.37. The Hall–Kier alpha value is -1.37. The first-order chi connectivity index (χ1) is 8.99. The van der Waals surface area contributed by atoms with Crippen molar-refractivity contribution < 1.29 is 0 Å². The molecule has 0 saturated carbocycles. The average molecular weight is 257 g/mol. The Labute approximate surface area is 118 Å². The summed E-state index contributed by atoms with van der Waals surface area (Å²) in [4.78, 5) is 0. The molecule has 0 aliphatic carbocycles. The number of hydrogen-bond acceptors (Lipinski definition) is 1. The summed E-state index contributed by atoms with van der Waals surface area (Å²) < 4.78 is 0. The molecule has 0 saturated heterocycles. The van der Waals surface area contributed by atoms with Crippen LogP contribution in [0.15, 0.2) is 42.5 Å². The number of hydrogen-bond donors (Lipinski definition) is 1. The normalized spacial score (nSPS) is 12.4. The van der Waals surface area contributed by atoms with Gasteiger partial charge in [-0.25, -0.2) is 0 Å². The van der Waals surface area contributed by atoms with Gasteiger partial charge in [0.15, 0.2) is 0 Å². The van der Waals surface area contributed by atoms with Crippen LogP contribution in [0.3, 0.4) is 0 Å². The van der Waals surface area contributed by atoms with Crippen LogP contribution in [0.1, 0.15) is 52.0 Å². The molecule has 0 spiro atoms. The standard InChI is InChI=1S/C18H27N/c1-14(2)10-11-15(3)12-16(4)13-18(19)17-8-6-5-7-9-17/h5-9,14,16,19H,3,10-13H2,1-2,4H3. The van der Waals surface area contributed by atoms with Gasteiger partial charge in [0, 0.05) is 5.71 Å². The van der Waals surface area contributed by atoms with Gasteiger partial charge in [-0.1, -0.05) is 63.3 Å². The summed E-state index contributed by atoms with van der Waals surface area (Å²) in [5.74, 6) is 1.25. The van der Waals surface area contributed by atoms with Crippen molar-refractivity contribution in [3.63, 3.8) is 0 Å². The molecule has 19 heavy (non-hydrogen) atoms. The Morgan fingerprint density at radius 3 is 2.32 bits per heavy atom. The van der Waals surface area contributed by atoms with Crippen LogP contribution >= 0.6 is 0 Å². The van der Waals surface area contributed by atoms with Crippen molar-refractivity contribution in [1.82, 2.24) is 0 Å². The van der Waals surface area contributed by atoms with Crippen molar-refractivity contribution in [3.8, 4) is 0 Å². The largest absolute Gasteiger partial charge is 0.305 e. The van der Waals surface area contributed by atoms with Crippen molar-refractivity contribution in [1.29, 1.82) is 5.41 Å². The van der Waals surface area contributed by atoms with Crippen LogP contribution in [0.4, 0.5) is 0 Å². The molecule has 0 amide bonds. The Balaban J connectivity index is 2.37. The molecule has 0 heterocycles. The van der Waals surface area contributed by atoms with Crippen LogP contribution in [-0.4, -0.2) is 5.71 Å². The molecule has 1 heteroatoms. The predicted molar refractivity (Wildman–Crippen MR) is 84.9 cm³/mol. The lowest BCUT2D eigenvalue weighted by molar-refractivity contribution is 0.542. The highest BCUT2D eigenvalue weighted by molar-refractivity contribution is 5.98. The third-order valence-electron chi connectivity index (χ3n) is 3.39. The van der Waals surface area contributed by atoms with E-state index in [4.69, 9.17) is 5.41 Å². The predicted octanol–water partition coefficient (Wildman–Crippen LogP) is 5.46. The van der Waals surface area contributed by atoms with E-state index in [1.807, 2.05) is 30.3 Å². The van der Waals surface area contributed by atoms with Gasteiger partial charge in [0.1, 0.15) is 0 Å². The smallest absolute Gasteiger partial charge is 0.0388 e. The quantitative estimate of drug-likeness (QED) is 0.472. The molecule has 0 bridgehead atoms. The van der Waals surface area contributed by atoms with Gasteiger partial charge in [0.25, 0.3) is 0 Å². The summed E-state index contributed by atoms with van der Waals surface area (Å²) in [5, 5.41) is 8.14. The highest BCUT2D eigenvalue weighted by atomic mass is 14.4. The highest BCUT2D eigenvalue weighted by Crippen LogP contribution is 2.21. The second-order valence-electron chi connectivity index (χ2n) is 6.04. The zero-order chi connectivity index (χ0) is 14.3. The summed E-state index contributed by atoms with van der Waals surface area (Å²) in [6, 6.07) is 10.0. The molecule has 1 aromatic carbocycles. The molecule has 1 atom stereocenters. The third-order valence-corrected chi connectivity index (χ3v) is 3.39. The summed E-state index contributed by atoms with van der Waals surface area (Å²) in [6.45, 7) is 10.9. The molecule has 104 valence electrons. The minimum Gasteiger partial charge on any atom is -0.305 e. The Bertz CT molecular complexity index is 403. The summed E-state index contributed by atoms with van der Waals surface area (Å²) >= 11 is 0. The summed E-state index contributed by atoms with van der Waals surface area (Å²) in [7, 11) is 0. The first kappa shape index (κ1) is 15.7. The summed E-state index contributed by atoms with van der Waals surface area (Å²) in [6.07, 6.45) is 4.23. The maximum Gasteiger partial charge on any atom is 0.0388 e. The van der Waals surface area contributed by atoms with Crippen LogP contribution in [0.2, 0.25) is 0 Å². The SMILES string of the molecule is C=C(CCC(C)C)CC(C)CC(=N)c1ccccc1. The van der Waals surface area contributed by atoms with Gasteiger partial charge in [0.2, 0.25) is 0 Å². The van der Waals surface area contributed by atoms with E-state index in [0.29, 0.717) is 5.92 Å². The second kappa shape index (κ2) is 7.93. The second-order valence-corrected chi connectivity index (χ2v) is 6.04. The molecular weight excluding hydrogens is 230 g/mol. The van der Waals surface area contributed by atoms with Crippen molar-refractivity contribution in [3.05, 3.63) is 48.0 Å². The minimum atomic E-state index is 0.507. The summed E-state index contributed by atoms with van der Waals surface area (Å²) in [5.41, 5.74) is 3.12. The highest BCUT2D eigenvalue weighted by Gasteiger charge is 2.09. The van der Waals surface area contributed by atoms with E-state index in [1.165, 1.54) is 12.0 Å². The van der Waals surface area contributed by atoms with E-state index < -0.39 is 0 Å². The van der Waals surface area contributed by atoms with Crippen LogP contribution < -0.4 is 0 Å². The van der Waals surface area contributed by atoms with Gasteiger partial charge in [-0.15, -0.1) is 0 Å². The maximum atomic E-state index is 8.14. The topological polar surface area (TPSA) is 23.9 Å². The molecule has 0 aliphatic heterocycles. The molecule has 1 unspecified atom stereocenters. The molecule has 0 radical (unpaired) electrons. The lowest BCUT2D eigenvalue weighted by Crippen LogP contribution is -2.07. The van der Waals surface area contributed by atoms with Gasteiger partial charge in [-0.3, -0.25) is 0 Å². The fraction of sp³-hybridized carbons (Fsp3) is 0.500. The van der Waals surface area contributed by atoms with Gasteiger partial charge >= 0.3 is 0 Å². The lowest BCUT2D eigenvalue weighted by Gasteiger charge is -2.15. The fourth-order valence-electron chi connectivity index (χ4n) is 2.27. The fourth-order valence-corrected chi connectivity index (χ4v) is 2.27. The van der Waals surface area contributed by atoms with Crippen molar-refractivity contribution in [2.24, 2.45) is 11.8 Å². The number of rotatable bonds is 8. The monoisotopic (exact) mass is 257 g/mol. The molecule has 0 aliphatic rings. The third kappa shape index (κ3) is 6.37. The Morgan fingerprint density at radius 2 is 1.74 bits per heavy atom.